The number of Topliss-reactive ketones (excluding diaryl/α,β-unsaturated/α-hetero) is 1. The third kappa shape index (κ3) is 4.51. The molecule has 0 unspecified atom stereocenters. The summed E-state index contributed by atoms with van der Waals surface area (Å²) >= 11 is 0. The minimum absolute atomic E-state index is 0.121. The lowest BCUT2D eigenvalue weighted by Crippen LogP contribution is -2.14. The van der Waals surface area contributed by atoms with Crippen LogP contribution < -0.4 is 4.74 Å². The van der Waals surface area contributed by atoms with Crippen molar-refractivity contribution in [3.63, 3.8) is 0 Å². The van der Waals surface area contributed by atoms with Gasteiger partial charge in [-0.1, -0.05) is 30.3 Å². The number of benzene rings is 2. The van der Waals surface area contributed by atoms with Gasteiger partial charge in [0.25, 0.3) is 0 Å². The molecule has 0 bridgehead atoms. The van der Waals surface area contributed by atoms with Gasteiger partial charge in [0.05, 0.1) is 17.7 Å². The number of hydrogen-bond donors (Lipinski definition) is 0. The highest BCUT2D eigenvalue weighted by Gasteiger charge is 2.18. The highest BCUT2D eigenvalue weighted by atomic mass is 16.5. The maximum absolute atomic E-state index is 12.2. The van der Waals surface area contributed by atoms with Crippen LogP contribution in [-0.2, 0) is 9.53 Å². The number of para-hydroxylation sites is 1. The lowest BCUT2D eigenvalue weighted by Gasteiger charge is -2.09. The highest BCUT2D eigenvalue weighted by Crippen LogP contribution is 2.21. The lowest BCUT2D eigenvalue weighted by molar-refractivity contribution is -0.141. The summed E-state index contributed by atoms with van der Waals surface area (Å²) in [6, 6.07) is 14.8. The molecular weight excluding hydrogens is 296 g/mol. The van der Waals surface area contributed by atoms with Crippen LogP contribution in [0.15, 0.2) is 54.6 Å². The van der Waals surface area contributed by atoms with Gasteiger partial charge in [-0.25, -0.2) is 4.79 Å². The second-order valence-corrected chi connectivity index (χ2v) is 4.66. The van der Waals surface area contributed by atoms with Crippen molar-refractivity contribution < 1.29 is 23.9 Å². The predicted molar refractivity (Wildman–Crippen MR) is 83.4 cm³/mol. The Bertz CT molecular complexity index is 706. The molecule has 5 nitrogen and oxygen atoms in total. The largest absolute Gasteiger partial charge is 0.466 e. The molecule has 0 saturated carbocycles. The first-order valence-corrected chi connectivity index (χ1v) is 7.17. The van der Waals surface area contributed by atoms with E-state index in [1.807, 2.05) is 0 Å². The zero-order valence-corrected chi connectivity index (χ0v) is 12.7. The second-order valence-electron chi connectivity index (χ2n) is 4.66. The van der Waals surface area contributed by atoms with Crippen LogP contribution in [0.1, 0.15) is 34.1 Å². The monoisotopic (exact) mass is 312 g/mol. The third-order valence-electron chi connectivity index (χ3n) is 3.01. The van der Waals surface area contributed by atoms with Gasteiger partial charge in [-0.15, -0.1) is 0 Å². The number of carbonyl (C=O) groups is 3. The van der Waals surface area contributed by atoms with E-state index in [0.717, 1.165) is 0 Å². The van der Waals surface area contributed by atoms with Crippen molar-refractivity contribution >= 4 is 17.7 Å². The number of ether oxygens (including phenoxy) is 2. The van der Waals surface area contributed by atoms with E-state index < -0.39 is 24.1 Å². The minimum Gasteiger partial charge on any atom is -0.466 e. The third-order valence-corrected chi connectivity index (χ3v) is 3.01. The van der Waals surface area contributed by atoms with E-state index in [1.165, 1.54) is 12.1 Å². The highest BCUT2D eigenvalue weighted by molar-refractivity contribution is 6.08. The van der Waals surface area contributed by atoms with Gasteiger partial charge < -0.3 is 9.47 Å². The van der Waals surface area contributed by atoms with E-state index in [1.54, 1.807) is 49.4 Å². The van der Waals surface area contributed by atoms with Crippen LogP contribution in [0.3, 0.4) is 0 Å². The average molecular weight is 312 g/mol. The number of carbonyl (C=O) groups excluding carboxylic acids is 3. The van der Waals surface area contributed by atoms with E-state index >= 15 is 0 Å². The lowest BCUT2D eigenvalue weighted by atomic mass is 10.1. The van der Waals surface area contributed by atoms with Gasteiger partial charge in [0.1, 0.15) is 12.2 Å². The van der Waals surface area contributed by atoms with Crippen molar-refractivity contribution in [1.29, 1.82) is 0 Å². The van der Waals surface area contributed by atoms with Crippen molar-refractivity contribution in [2.75, 3.05) is 6.61 Å². The molecule has 2 aromatic carbocycles. The SMILES string of the molecule is CCOC(=O)CC(=O)c1ccccc1OC(=O)c1ccccc1. The average Bonchev–Trinajstić information content (AvgIpc) is 2.56. The van der Waals surface area contributed by atoms with Gasteiger partial charge >= 0.3 is 11.9 Å². The smallest absolute Gasteiger partial charge is 0.343 e. The predicted octanol–water partition coefficient (Wildman–Crippen LogP) is 3.04. The van der Waals surface area contributed by atoms with Crippen LogP contribution >= 0.6 is 0 Å². The Kier molecular flexibility index (Phi) is 5.63. The Hall–Kier alpha value is -2.95. The summed E-state index contributed by atoms with van der Waals surface area (Å²) in [4.78, 5) is 35.7. The Morgan fingerprint density at radius 2 is 1.57 bits per heavy atom. The van der Waals surface area contributed by atoms with Gasteiger partial charge in [-0.05, 0) is 31.2 Å². The fourth-order valence-electron chi connectivity index (χ4n) is 1.96. The van der Waals surface area contributed by atoms with E-state index in [9.17, 15) is 14.4 Å². The molecule has 0 atom stereocenters. The molecule has 0 aromatic heterocycles. The maximum Gasteiger partial charge on any atom is 0.343 e. The van der Waals surface area contributed by atoms with Crippen molar-refractivity contribution in [2.45, 2.75) is 13.3 Å². The molecule has 5 heteroatoms. The fraction of sp³-hybridized carbons (Fsp3) is 0.167. The van der Waals surface area contributed by atoms with Gasteiger partial charge in [0.2, 0.25) is 0 Å². The molecule has 2 rings (SSSR count). The molecule has 118 valence electrons. The van der Waals surface area contributed by atoms with Gasteiger partial charge in [-0.3, -0.25) is 9.59 Å². The molecule has 0 heterocycles. The standard InChI is InChI=1S/C18H16O5/c1-2-22-17(20)12-15(19)14-10-6-7-11-16(14)23-18(21)13-8-4-3-5-9-13/h3-11H,2,12H2,1H3. The Balaban J connectivity index is 2.16. The van der Waals surface area contributed by atoms with Crippen LogP contribution in [0.2, 0.25) is 0 Å². The van der Waals surface area contributed by atoms with E-state index in [4.69, 9.17) is 9.47 Å². The van der Waals surface area contributed by atoms with Gasteiger partial charge in [0, 0.05) is 0 Å². The Morgan fingerprint density at radius 3 is 2.26 bits per heavy atom. The number of rotatable bonds is 6. The molecule has 0 aliphatic carbocycles. The number of esters is 2. The second kappa shape index (κ2) is 7.89. The molecule has 0 radical (unpaired) electrons. The molecule has 0 aliphatic heterocycles. The summed E-state index contributed by atoms with van der Waals surface area (Å²) < 4.78 is 10.0. The number of ketones is 1. The molecule has 0 aliphatic rings. The molecule has 0 saturated heterocycles. The topological polar surface area (TPSA) is 69.7 Å². The fourth-order valence-corrected chi connectivity index (χ4v) is 1.96. The summed E-state index contributed by atoms with van der Waals surface area (Å²) in [5.41, 5.74) is 0.546. The molecule has 0 N–H and O–H groups in total. The number of hydrogen-bond acceptors (Lipinski definition) is 5. The summed E-state index contributed by atoms with van der Waals surface area (Å²) in [7, 11) is 0. The molecule has 0 fully saturated rings. The first-order valence-electron chi connectivity index (χ1n) is 7.17. The minimum atomic E-state index is -0.610. The summed E-state index contributed by atoms with van der Waals surface area (Å²) in [5, 5.41) is 0. The zero-order chi connectivity index (χ0) is 16.7. The van der Waals surface area contributed by atoms with Crippen LogP contribution in [0.5, 0.6) is 5.75 Å². The van der Waals surface area contributed by atoms with Gasteiger partial charge in [-0.2, -0.15) is 0 Å². The zero-order valence-electron chi connectivity index (χ0n) is 12.7. The van der Waals surface area contributed by atoms with Gasteiger partial charge in [0.15, 0.2) is 5.78 Å². The first kappa shape index (κ1) is 16.4. The Morgan fingerprint density at radius 1 is 0.913 bits per heavy atom. The van der Waals surface area contributed by atoms with Crippen LogP contribution in [0, 0.1) is 0 Å². The van der Waals surface area contributed by atoms with Crippen molar-refractivity contribution in [1.82, 2.24) is 0 Å². The van der Waals surface area contributed by atoms with Crippen molar-refractivity contribution in [3.05, 3.63) is 65.7 Å². The summed E-state index contributed by atoms with van der Waals surface area (Å²) in [6.45, 7) is 1.87. The Labute approximate surface area is 133 Å². The first-order chi connectivity index (χ1) is 11.1. The molecule has 2 aromatic rings. The van der Waals surface area contributed by atoms with Crippen LogP contribution in [0.4, 0.5) is 0 Å². The van der Waals surface area contributed by atoms with E-state index in [0.29, 0.717) is 5.56 Å². The normalized spacial score (nSPS) is 9.96. The molecule has 23 heavy (non-hydrogen) atoms. The van der Waals surface area contributed by atoms with Crippen molar-refractivity contribution in [3.8, 4) is 5.75 Å². The maximum atomic E-state index is 12.2. The summed E-state index contributed by atoms with van der Waals surface area (Å²) in [5.74, 6) is -1.51. The van der Waals surface area contributed by atoms with Crippen molar-refractivity contribution in [2.24, 2.45) is 0 Å². The quantitative estimate of drug-likeness (QED) is 0.355. The van der Waals surface area contributed by atoms with E-state index in [-0.39, 0.29) is 17.9 Å². The van der Waals surface area contributed by atoms with Crippen LogP contribution in [-0.4, -0.2) is 24.3 Å². The van der Waals surface area contributed by atoms with E-state index in [2.05, 4.69) is 0 Å². The van der Waals surface area contributed by atoms with Crippen LogP contribution in [0.25, 0.3) is 0 Å². The summed E-state index contributed by atoms with van der Waals surface area (Å²) in [6.07, 6.45) is -0.395. The molecular formula is C18H16O5. The molecule has 0 amide bonds. The molecule has 0 spiro atoms.